The number of carbonyl (C=O) groups excluding carboxylic acids is 3. The van der Waals surface area contributed by atoms with E-state index in [2.05, 4.69) is 15.3 Å². The van der Waals surface area contributed by atoms with Crippen LogP contribution in [0.15, 0.2) is 23.3 Å². The molecule has 1 saturated heterocycles. The number of benzene rings is 1. The number of rotatable bonds is 8. The number of nitrogens with zero attached hydrogens (tertiary/aromatic N) is 4. The lowest BCUT2D eigenvalue weighted by atomic mass is 9.86. The van der Waals surface area contributed by atoms with Crippen molar-refractivity contribution in [3.63, 3.8) is 0 Å². The first kappa shape index (κ1) is 20.8. The predicted molar refractivity (Wildman–Crippen MR) is 105 cm³/mol. The predicted octanol–water partition coefficient (Wildman–Crippen LogP) is 2.44. The fraction of sp³-hybridized carbons (Fsp3) is 0.550. The molecule has 0 aliphatic carbocycles. The number of fused-ring (bicyclic) bond motifs is 1. The van der Waals surface area contributed by atoms with Gasteiger partial charge in [-0.1, -0.05) is 17.2 Å². The van der Waals surface area contributed by atoms with Crippen LogP contribution in [0.4, 0.5) is 0 Å². The highest BCUT2D eigenvalue weighted by Gasteiger charge is 2.50. The first-order valence-corrected chi connectivity index (χ1v) is 9.76. The van der Waals surface area contributed by atoms with Gasteiger partial charge in [-0.15, -0.1) is 0 Å². The average Bonchev–Trinajstić information content (AvgIpc) is 2.88. The Morgan fingerprint density at radius 1 is 1.31 bits per heavy atom. The highest BCUT2D eigenvalue weighted by atomic mass is 16.5. The van der Waals surface area contributed by atoms with E-state index in [-0.39, 0.29) is 18.2 Å². The van der Waals surface area contributed by atoms with Gasteiger partial charge in [-0.05, 0) is 55.8 Å². The normalized spacial score (nSPS) is 20.3. The summed E-state index contributed by atoms with van der Waals surface area (Å²) in [5.74, 6) is -0.883. The molecule has 0 spiro atoms. The van der Waals surface area contributed by atoms with Crippen molar-refractivity contribution in [2.45, 2.75) is 51.1 Å². The molecule has 154 valence electrons. The van der Waals surface area contributed by atoms with Gasteiger partial charge >= 0.3 is 0 Å². The van der Waals surface area contributed by atoms with E-state index in [1.165, 1.54) is 0 Å². The second-order valence-electron chi connectivity index (χ2n) is 7.71. The number of amides is 3. The van der Waals surface area contributed by atoms with Gasteiger partial charge in [-0.25, -0.2) is 0 Å². The van der Waals surface area contributed by atoms with Crippen molar-refractivity contribution in [3.05, 3.63) is 45.3 Å². The topological polar surface area (TPSA) is 124 Å². The van der Waals surface area contributed by atoms with Gasteiger partial charge in [0.2, 0.25) is 11.8 Å². The van der Waals surface area contributed by atoms with Crippen LogP contribution in [0.2, 0.25) is 0 Å². The SMILES string of the molecule is CC1(C)c2c(CCCOCCN=[N+]=[N-])cccc2C(=O)N1C1CCC(=O)NC1=O. The molecule has 0 saturated carbocycles. The van der Waals surface area contributed by atoms with E-state index < -0.39 is 17.5 Å². The van der Waals surface area contributed by atoms with Gasteiger partial charge in [-0.2, -0.15) is 0 Å². The monoisotopic (exact) mass is 399 g/mol. The Bertz CT molecular complexity index is 876. The van der Waals surface area contributed by atoms with Crippen LogP contribution in [0, 0.1) is 0 Å². The van der Waals surface area contributed by atoms with E-state index in [1.54, 1.807) is 11.0 Å². The average molecular weight is 399 g/mol. The number of carbonyl (C=O) groups is 3. The van der Waals surface area contributed by atoms with Gasteiger partial charge in [0.1, 0.15) is 6.04 Å². The highest BCUT2D eigenvalue weighted by molar-refractivity contribution is 6.06. The van der Waals surface area contributed by atoms with Crippen molar-refractivity contribution in [1.82, 2.24) is 10.2 Å². The summed E-state index contributed by atoms with van der Waals surface area (Å²) in [6.07, 6.45) is 2.05. The molecule has 2 aliphatic heterocycles. The van der Waals surface area contributed by atoms with Gasteiger partial charge in [0.25, 0.3) is 5.91 Å². The molecule has 29 heavy (non-hydrogen) atoms. The molecule has 1 unspecified atom stereocenters. The fourth-order valence-electron chi connectivity index (χ4n) is 4.29. The van der Waals surface area contributed by atoms with Crippen LogP contribution in [-0.2, 0) is 26.3 Å². The summed E-state index contributed by atoms with van der Waals surface area (Å²) in [4.78, 5) is 41.4. The first-order valence-electron chi connectivity index (χ1n) is 9.76. The van der Waals surface area contributed by atoms with Crippen LogP contribution < -0.4 is 5.32 Å². The second-order valence-corrected chi connectivity index (χ2v) is 7.71. The summed E-state index contributed by atoms with van der Waals surface area (Å²) in [5.41, 5.74) is 10.2. The zero-order valence-corrected chi connectivity index (χ0v) is 16.7. The van der Waals surface area contributed by atoms with Crippen molar-refractivity contribution in [1.29, 1.82) is 0 Å². The number of imide groups is 1. The van der Waals surface area contributed by atoms with Crippen LogP contribution in [0.1, 0.15) is 54.6 Å². The molecule has 0 bridgehead atoms. The van der Waals surface area contributed by atoms with E-state index in [0.29, 0.717) is 31.7 Å². The maximum atomic E-state index is 13.2. The summed E-state index contributed by atoms with van der Waals surface area (Å²) < 4.78 is 5.46. The molecule has 0 aromatic heterocycles. The Hall–Kier alpha value is -2.90. The lowest BCUT2D eigenvalue weighted by Crippen LogP contribution is -2.57. The Labute approximate surface area is 169 Å². The van der Waals surface area contributed by atoms with E-state index >= 15 is 0 Å². The maximum Gasteiger partial charge on any atom is 0.255 e. The van der Waals surface area contributed by atoms with Crippen molar-refractivity contribution in [2.24, 2.45) is 5.11 Å². The lowest BCUT2D eigenvalue weighted by Gasteiger charge is -2.40. The zero-order valence-electron chi connectivity index (χ0n) is 16.7. The number of azide groups is 1. The summed E-state index contributed by atoms with van der Waals surface area (Å²) in [7, 11) is 0. The minimum atomic E-state index is -0.659. The molecule has 2 aliphatic rings. The van der Waals surface area contributed by atoms with Gasteiger partial charge in [-0.3, -0.25) is 19.7 Å². The van der Waals surface area contributed by atoms with Crippen molar-refractivity contribution >= 4 is 17.7 Å². The van der Waals surface area contributed by atoms with Crippen LogP contribution >= 0.6 is 0 Å². The van der Waals surface area contributed by atoms with Crippen molar-refractivity contribution in [3.8, 4) is 0 Å². The van der Waals surface area contributed by atoms with Crippen LogP contribution in [-0.4, -0.2) is 48.4 Å². The molecule has 1 aromatic rings. The third-order valence-corrected chi connectivity index (χ3v) is 5.47. The Balaban J connectivity index is 1.75. The second kappa shape index (κ2) is 8.63. The van der Waals surface area contributed by atoms with E-state index in [0.717, 1.165) is 24.0 Å². The van der Waals surface area contributed by atoms with E-state index in [9.17, 15) is 14.4 Å². The van der Waals surface area contributed by atoms with Gasteiger partial charge < -0.3 is 9.64 Å². The van der Waals surface area contributed by atoms with E-state index in [1.807, 2.05) is 26.0 Å². The van der Waals surface area contributed by atoms with Gasteiger partial charge in [0.15, 0.2) is 0 Å². The molecule has 9 nitrogen and oxygen atoms in total. The Morgan fingerprint density at radius 2 is 2.10 bits per heavy atom. The van der Waals surface area contributed by atoms with Crippen molar-refractivity contribution in [2.75, 3.05) is 19.8 Å². The molecular formula is C20H25N5O4. The van der Waals surface area contributed by atoms with Crippen LogP contribution in [0.5, 0.6) is 0 Å². The van der Waals surface area contributed by atoms with Crippen LogP contribution in [0.3, 0.4) is 0 Å². The molecule has 1 aromatic carbocycles. The molecule has 0 radical (unpaired) electrons. The number of nitrogens with one attached hydrogen (secondary N) is 1. The molecular weight excluding hydrogens is 374 g/mol. The minimum absolute atomic E-state index is 0.174. The van der Waals surface area contributed by atoms with Crippen molar-refractivity contribution < 1.29 is 19.1 Å². The maximum absolute atomic E-state index is 13.2. The summed E-state index contributed by atoms with van der Waals surface area (Å²) >= 11 is 0. The molecule has 3 rings (SSSR count). The minimum Gasteiger partial charge on any atom is -0.381 e. The number of hydrogen-bond donors (Lipinski definition) is 1. The number of ether oxygens (including phenoxy) is 1. The van der Waals surface area contributed by atoms with E-state index in [4.69, 9.17) is 10.3 Å². The molecule has 9 heteroatoms. The molecule has 1 N–H and O–H groups in total. The molecule has 2 heterocycles. The van der Waals surface area contributed by atoms with Gasteiger partial charge in [0.05, 0.1) is 12.1 Å². The molecule has 1 fully saturated rings. The highest BCUT2D eigenvalue weighted by Crippen LogP contribution is 2.43. The number of piperidine rings is 1. The quantitative estimate of drug-likeness (QED) is 0.237. The molecule has 1 atom stereocenters. The summed E-state index contributed by atoms with van der Waals surface area (Å²) in [6, 6.07) is 5.01. The van der Waals surface area contributed by atoms with Gasteiger partial charge in [0, 0.05) is 30.0 Å². The van der Waals surface area contributed by atoms with Crippen LogP contribution in [0.25, 0.3) is 10.4 Å². The number of hydrogen-bond acceptors (Lipinski definition) is 5. The first-order chi connectivity index (χ1) is 13.9. The molecule has 3 amide bonds. The fourth-order valence-corrected chi connectivity index (χ4v) is 4.29. The Kier molecular flexibility index (Phi) is 6.20. The largest absolute Gasteiger partial charge is 0.381 e. The summed E-state index contributed by atoms with van der Waals surface area (Å²) in [6.45, 7) is 5.10. The third-order valence-electron chi connectivity index (χ3n) is 5.47. The third kappa shape index (κ3) is 4.11. The zero-order chi connectivity index (χ0) is 21.0. The smallest absolute Gasteiger partial charge is 0.255 e. The number of aryl methyl sites for hydroxylation is 1. The lowest BCUT2D eigenvalue weighted by molar-refractivity contribution is -0.138. The standard InChI is InChI=1S/C20H25N5O4/c1-20(2)17-13(6-4-11-29-12-10-22-24-21)5-3-7-14(17)19(28)25(20)15-8-9-16(26)23-18(15)27/h3,5,7,15H,4,6,8-12H2,1-2H3,(H,23,26,27). The Morgan fingerprint density at radius 3 is 2.83 bits per heavy atom. The summed E-state index contributed by atoms with van der Waals surface area (Å²) in [5, 5.41) is 5.78.